The number of carbonyl (C=O) groups is 1. The minimum Gasteiger partial charge on any atom is -0.493 e. The predicted octanol–water partition coefficient (Wildman–Crippen LogP) is 1.18. The van der Waals surface area contributed by atoms with E-state index in [1.54, 1.807) is 0 Å². The fraction of sp³-hybridized carbons (Fsp3) is 0.462. The van der Waals surface area contributed by atoms with Crippen molar-refractivity contribution in [2.75, 3.05) is 13.2 Å². The molecule has 1 amide bonds. The third-order valence-corrected chi connectivity index (χ3v) is 2.89. The lowest BCUT2D eigenvalue weighted by Crippen LogP contribution is -2.28. The largest absolute Gasteiger partial charge is 0.493 e. The van der Waals surface area contributed by atoms with Gasteiger partial charge in [-0.05, 0) is 36.1 Å². The molecule has 1 unspecified atom stereocenters. The number of nitrogens with one attached hydrogen (secondary N) is 1. The summed E-state index contributed by atoms with van der Waals surface area (Å²) in [5.74, 6) is 0.775. The van der Waals surface area contributed by atoms with Crippen LogP contribution >= 0.6 is 0 Å². The van der Waals surface area contributed by atoms with E-state index >= 15 is 0 Å². The molecule has 4 nitrogen and oxygen atoms in total. The quantitative estimate of drug-likeness (QED) is 0.827. The van der Waals surface area contributed by atoms with Crippen molar-refractivity contribution in [1.29, 1.82) is 0 Å². The Hall–Kier alpha value is -1.55. The van der Waals surface area contributed by atoms with E-state index in [-0.39, 0.29) is 18.6 Å². The van der Waals surface area contributed by atoms with Crippen molar-refractivity contribution in [3.8, 4) is 5.75 Å². The normalized spacial score (nSPS) is 15.6. The van der Waals surface area contributed by atoms with E-state index in [4.69, 9.17) is 4.74 Å². The molecule has 0 spiro atoms. The van der Waals surface area contributed by atoms with Gasteiger partial charge in [0.15, 0.2) is 0 Å². The molecule has 0 aliphatic carbocycles. The number of aliphatic hydroxyl groups excluding tert-OH is 1. The fourth-order valence-electron chi connectivity index (χ4n) is 2.08. The maximum Gasteiger partial charge on any atom is 0.217 e. The van der Waals surface area contributed by atoms with Gasteiger partial charge >= 0.3 is 0 Å². The monoisotopic (exact) mass is 235 g/mol. The first kappa shape index (κ1) is 11.9. The first-order valence-corrected chi connectivity index (χ1v) is 5.84. The highest BCUT2D eigenvalue weighted by atomic mass is 16.5. The maximum absolute atomic E-state index is 11.0. The van der Waals surface area contributed by atoms with Gasteiger partial charge in [-0.1, -0.05) is 6.07 Å². The maximum atomic E-state index is 11.0. The second kappa shape index (κ2) is 5.19. The van der Waals surface area contributed by atoms with Crippen molar-refractivity contribution in [1.82, 2.24) is 5.32 Å². The van der Waals surface area contributed by atoms with E-state index < -0.39 is 0 Å². The summed E-state index contributed by atoms with van der Waals surface area (Å²) in [7, 11) is 0. The third kappa shape index (κ3) is 2.77. The van der Waals surface area contributed by atoms with Crippen LogP contribution in [0.4, 0.5) is 0 Å². The molecular weight excluding hydrogens is 218 g/mol. The molecule has 0 fully saturated rings. The lowest BCUT2D eigenvalue weighted by Gasteiger charge is -2.21. The van der Waals surface area contributed by atoms with Gasteiger partial charge in [0.05, 0.1) is 19.3 Å². The van der Waals surface area contributed by atoms with Crippen molar-refractivity contribution in [2.24, 2.45) is 0 Å². The highest BCUT2D eigenvalue weighted by Crippen LogP contribution is 2.27. The van der Waals surface area contributed by atoms with Gasteiger partial charge in [0, 0.05) is 6.92 Å². The van der Waals surface area contributed by atoms with Crippen LogP contribution in [-0.2, 0) is 11.2 Å². The van der Waals surface area contributed by atoms with Gasteiger partial charge in [-0.2, -0.15) is 0 Å². The van der Waals surface area contributed by atoms with Crippen molar-refractivity contribution >= 4 is 5.91 Å². The Bertz CT molecular complexity index is 417. The number of hydrogen-bond donors (Lipinski definition) is 2. The Balaban J connectivity index is 2.22. The number of ether oxygens (including phenoxy) is 1. The summed E-state index contributed by atoms with van der Waals surface area (Å²) in [5, 5.41) is 12.0. The molecule has 1 heterocycles. The van der Waals surface area contributed by atoms with Crippen LogP contribution in [0.15, 0.2) is 18.2 Å². The van der Waals surface area contributed by atoms with Gasteiger partial charge in [-0.25, -0.2) is 0 Å². The highest BCUT2D eigenvalue weighted by molar-refractivity contribution is 5.73. The standard InChI is InChI=1S/C13H17NO3/c1-9(16)14-12(8-15)10-4-5-13-11(7-10)3-2-6-17-13/h4-5,7,12,15H,2-3,6,8H2,1H3,(H,14,16). The fourth-order valence-corrected chi connectivity index (χ4v) is 2.08. The summed E-state index contributed by atoms with van der Waals surface area (Å²) < 4.78 is 5.52. The van der Waals surface area contributed by atoms with E-state index in [1.807, 2.05) is 18.2 Å². The summed E-state index contributed by atoms with van der Waals surface area (Å²) in [5.41, 5.74) is 2.07. The van der Waals surface area contributed by atoms with E-state index in [1.165, 1.54) is 6.92 Å². The van der Waals surface area contributed by atoms with Crippen molar-refractivity contribution < 1.29 is 14.6 Å². The van der Waals surface area contributed by atoms with Crippen LogP contribution in [0, 0.1) is 0 Å². The average Bonchev–Trinajstić information content (AvgIpc) is 2.35. The minimum atomic E-state index is -0.334. The summed E-state index contributed by atoms with van der Waals surface area (Å²) in [6.45, 7) is 2.12. The van der Waals surface area contributed by atoms with Crippen LogP contribution < -0.4 is 10.1 Å². The molecule has 1 atom stereocenters. The third-order valence-electron chi connectivity index (χ3n) is 2.89. The van der Waals surface area contributed by atoms with Gasteiger partial charge in [-0.3, -0.25) is 4.79 Å². The molecule has 0 saturated carbocycles. The molecule has 1 aromatic rings. The van der Waals surface area contributed by atoms with Crippen LogP contribution in [0.1, 0.15) is 30.5 Å². The number of rotatable bonds is 3. The molecule has 17 heavy (non-hydrogen) atoms. The lowest BCUT2D eigenvalue weighted by atomic mass is 9.99. The van der Waals surface area contributed by atoms with Crippen LogP contribution in [0.3, 0.4) is 0 Å². The summed E-state index contributed by atoms with van der Waals surface area (Å²) in [6, 6.07) is 5.47. The van der Waals surface area contributed by atoms with Crippen molar-refractivity contribution in [2.45, 2.75) is 25.8 Å². The van der Waals surface area contributed by atoms with Crippen LogP contribution in [-0.4, -0.2) is 24.2 Å². The number of benzene rings is 1. The topological polar surface area (TPSA) is 58.6 Å². The molecule has 2 rings (SSSR count). The number of carbonyl (C=O) groups excluding carboxylic acids is 1. The lowest BCUT2D eigenvalue weighted by molar-refractivity contribution is -0.120. The average molecular weight is 235 g/mol. The van der Waals surface area contributed by atoms with Gasteiger partial charge < -0.3 is 15.2 Å². The zero-order valence-electron chi connectivity index (χ0n) is 9.90. The highest BCUT2D eigenvalue weighted by Gasteiger charge is 2.15. The van der Waals surface area contributed by atoms with Gasteiger partial charge in [0.25, 0.3) is 0 Å². The molecule has 1 aliphatic heterocycles. The Kier molecular flexibility index (Phi) is 3.64. The Morgan fingerprint density at radius 3 is 3.12 bits per heavy atom. The minimum absolute atomic E-state index is 0.0980. The van der Waals surface area contributed by atoms with Crippen molar-refractivity contribution in [3.63, 3.8) is 0 Å². The van der Waals surface area contributed by atoms with Gasteiger partial charge in [0.1, 0.15) is 5.75 Å². The molecule has 92 valence electrons. The Labute approximate surface area is 101 Å². The molecule has 0 saturated heterocycles. The molecule has 4 heteroatoms. The van der Waals surface area contributed by atoms with Crippen LogP contribution in [0.2, 0.25) is 0 Å². The molecule has 0 bridgehead atoms. The Morgan fingerprint density at radius 2 is 2.41 bits per heavy atom. The molecule has 1 aliphatic rings. The first-order valence-electron chi connectivity index (χ1n) is 5.84. The molecule has 2 N–H and O–H groups in total. The van der Waals surface area contributed by atoms with E-state index in [0.29, 0.717) is 0 Å². The van der Waals surface area contributed by atoms with Crippen LogP contribution in [0.25, 0.3) is 0 Å². The number of aryl methyl sites for hydroxylation is 1. The number of hydrogen-bond acceptors (Lipinski definition) is 3. The molecular formula is C13H17NO3. The van der Waals surface area contributed by atoms with Crippen LogP contribution in [0.5, 0.6) is 5.75 Å². The molecule has 0 radical (unpaired) electrons. The second-order valence-corrected chi connectivity index (χ2v) is 4.25. The summed E-state index contributed by atoms with van der Waals surface area (Å²) >= 11 is 0. The molecule has 0 aromatic heterocycles. The van der Waals surface area contributed by atoms with E-state index in [0.717, 1.165) is 36.3 Å². The number of amides is 1. The van der Waals surface area contributed by atoms with Gasteiger partial charge in [-0.15, -0.1) is 0 Å². The summed E-state index contributed by atoms with van der Waals surface area (Å²) in [6.07, 6.45) is 2.00. The Morgan fingerprint density at radius 1 is 1.59 bits per heavy atom. The van der Waals surface area contributed by atoms with E-state index in [2.05, 4.69) is 5.32 Å². The van der Waals surface area contributed by atoms with Gasteiger partial charge in [0.2, 0.25) is 5.91 Å². The first-order chi connectivity index (χ1) is 8.20. The predicted molar refractivity (Wildman–Crippen MR) is 63.9 cm³/mol. The SMILES string of the molecule is CC(=O)NC(CO)c1ccc2c(c1)CCCO2. The van der Waals surface area contributed by atoms with E-state index in [9.17, 15) is 9.90 Å². The number of aliphatic hydroxyl groups is 1. The van der Waals surface area contributed by atoms with Crippen molar-refractivity contribution in [3.05, 3.63) is 29.3 Å². The molecule has 1 aromatic carbocycles. The zero-order chi connectivity index (χ0) is 12.3. The second-order valence-electron chi connectivity index (χ2n) is 4.25. The summed E-state index contributed by atoms with van der Waals surface area (Å²) in [4.78, 5) is 11.0. The zero-order valence-corrected chi connectivity index (χ0v) is 9.90. The number of fused-ring (bicyclic) bond motifs is 1. The smallest absolute Gasteiger partial charge is 0.217 e.